The van der Waals surface area contributed by atoms with Crippen molar-refractivity contribution in [1.29, 1.82) is 0 Å². The Kier molecular flexibility index (Phi) is 11.6. The molecule has 9 nitrogen and oxygen atoms in total. The molecule has 9 heteroatoms. The molecule has 39 heavy (non-hydrogen) atoms. The van der Waals surface area contributed by atoms with E-state index in [9.17, 15) is 19.8 Å². The number of hydrogen-bond donors (Lipinski definition) is 4. The first kappa shape index (κ1) is 34.1. The van der Waals surface area contributed by atoms with E-state index >= 15 is 0 Å². The first-order valence-corrected chi connectivity index (χ1v) is 14.9. The molecule has 0 spiro atoms. The number of carbonyl (C=O) groups excluding carboxylic acids is 2. The van der Waals surface area contributed by atoms with E-state index in [1.54, 1.807) is 13.8 Å². The van der Waals surface area contributed by atoms with Gasteiger partial charge in [0.2, 0.25) is 0 Å². The van der Waals surface area contributed by atoms with E-state index < -0.39 is 47.3 Å². The van der Waals surface area contributed by atoms with Crippen LogP contribution in [0.1, 0.15) is 81.6 Å². The van der Waals surface area contributed by atoms with Crippen LogP contribution in [0.3, 0.4) is 0 Å². The van der Waals surface area contributed by atoms with Crippen LogP contribution in [0.5, 0.6) is 0 Å². The van der Waals surface area contributed by atoms with Crippen LogP contribution >= 0.6 is 0 Å². The number of nitrogens with zero attached hydrogens (tertiary/aromatic N) is 1. The Balaban J connectivity index is 2.59. The van der Waals surface area contributed by atoms with Crippen molar-refractivity contribution in [2.24, 2.45) is 34.8 Å². The van der Waals surface area contributed by atoms with Crippen molar-refractivity contribution in [2.45, 2.75) is 117 Å². The van der Waals surface area contributed by atoms with Gasteiger partial charge in [-0.2, -0.15) is 0 Å². The number of aliphatic hydroxyl groups is 2. The largest absolute Gasteiger partial charge is 0.459 e. The highest BCUT2D eigenvalue weighted by atomic mass is 16.6. The van der Waals surface area contributed by atoms with E-state index in [-0.39, 0.29) is 29.1 Å². The van der Waals surface area contributed by atoms with Crippen molar-refractivity contribution in [2.75, 3.05) is 33.2 Å². The fourth-order valence-corrected chi connectivity index (χ4v) is 7.39. The van der Waals surface area contributed by atoms with Crippen molar-refractivity contribution in [1.82, 2.24) is 10.2 Å². The monoisotopic (exact) mass is 555 g/mol. The van der Waals surface area contributed by atoms with Gasteiger partial charge in [0.1, 0.15) is 29.5 Å². The van der Waals surface area contributed by atoms with Gasteiger partial charge < -0.3 is 35.6 Å². The molecule has 5 N–H and O–H groups in total. The van der Waals surface area contributed by atoms with Crippen molar-refractivity contribution < 1.29 is 29.3 Å². The Morgan fingerprint density at radius 3 is 2.33 bits per heavy atom. The molecule has 0 aromatic rings. The van der Waals surface area contributed by atoms with Crippen LogP contribution in [-0.2, 0) is 19.1 Å². The molecule has 2 heterocycles. The van der Waals surface area contributed by atoms with Gasteiger partial charge in [-0.05, 0) is 72.5 Å². The van der Waals surface area contributed by atoms with E-state index in [0.29, 0.717) is 26.1 Å². The Morgan fingerprint density at radius 1 is 1.18 bits per heavy atom. The summed E-state index contributed by atoms with van der Waals surface area (Å²) in [6.45, 7) is 19.9. The van der Waals surface area contributed by atoms with Gasteiger partial charge >= 0.3 is 5.97 Å². The van der Waals surface area contributed by atoms with Gasteiger partial charge in [-0.15, -0.1) is 0 Å². The summed E-state index contributed by atoms with van der Waals surface area (Å²) in [4.78, 5) is 29.1. The SMILES string of the molecule is CC[C@H]1OC(=O)[C@H](C)C(=O)[C@H](C)C(C(C)(C)C)[C@@]2(C)C[C@H](CN(C)[C@H](C)[C@@H](O)[C@]1(C)O)C(CNCCCN)O2. The van der Waals surface area contributed by atoms with E-state index in [4.69, 9.17) is 15.2 Å². The number of cyclic esters (lactones) is 1. The lowest BCUT2D eigenvalue weighted by Gasteiger charge is -2.46. The van der Waals surface area contributed by atoms with Crippen LogP contribution in [-0.4, -0.2) is 95.6 Å². The van der Waals surface area contributed by atoms with Crippen molar-refractivity contribution in [3.05, 3.63) is 0 Å². The number of aliphatic hydroxyl groups excluding tert-OH is 1. The lowest BCUT2D eigenvalue weighted by Crippen LogP contribution is -2.59. The van der Waals surface area contributed by atoms with Crippen LogP contribution in [0.25, 0.3) is 0 Å². The molecule has 2 unspecified atom stereocenters. The fraction of sp³-hybridized carbons (Fsp3) is 0.933. The lowest BCUT2D eigenvalue weighted by molar-refractivity contribution is -0.190. The molecule has 10 atom stereocenters. The number of carbonyl (C=O) groups is 2. The van der Waals surface area contributed by atoms with Gasteiger partial charge in [-0.25, -0.2) is 0 Å². The molecular formula is C30H57N3O6. The zero-order valence-corrected chi connectivity index (χ0v) is 26.1. The number of ketones is 1. The summed E-state index contributed by atoms with van der Waals surface area (Å²) in [5.41, 5.74) is 3.10. The molecule has 2 bridgehead atoms. The predicted molar refractivity (Wildman–Crippen MR) is 153 cm³/mol. The third-order valence-electron chi connectivity index (χ3n) is 9.39. The summed E-state index contributed by atoms with van der Waals surface area (Å²) >= 11 is 0. The average molecular weight is 556 g/mol. The lowest BCUT2D eigenvalue weighted by atomic mass is 9.62. The highest BCUT2D eigenvalue weighted by Gasteiger charge is 2.55. The van der Waals surface area contributed by atoms with E-state index in [0.717, 1.165) is 19.4 Å². The Hall–Kier alpha value is -1.10. The number of ether oxygens (including phenoxy) is 2. The second kappa shape index (κ2) is 13.3. The number of rotatable bonds is 6. The Morgan fingerprint density at radius 2 is 1.79 bits per heavy atom. The van der Waals surface area contributed by atoms with Crippen LogP contribution in [0.15, 0.2) is 0 Å². The molecule has 2 aliphatic rings. The second-order valence-electron chi connectivity index (χ2n) is 13.7. The second-order valence-corrected chi connectivity index (χ2v) is 13.7. The molecule has 0 aromatic carbocycles. The van der Waals surface area contributed by atoms with E-state index in [2.05, 4.69) is 37.9 Å². The summed E-state index contributed by atoms with van der Waals surface area (Å²) in [6, 6.07) is -0.424. The van der Waals surface area contributed by atoms with Gasteiger partial charge in [0.15, 0.2) is 0 Å². The number of nitrogens with one attached hydrogen (secondary N) is 1. The van der Waals surface area contributed by atoms with Gasteiger partial charge in [0.05, 0.1) is 11.7 Å². The van der Waals surface area contributed by atoms with E-state index in [1.807, 2.05) is 20.9 Å². The average Bonchev–Trinajstić information content (AvgIpc) is 3.16. The van der Waals surface area contributed by atoms with Crippen molar-refractivity contribution >= 4 is 11.8 Å². The van der Waals surface area contributed by atoms with Crippen molar-refractivity contribution in [3.8, 4) is 0 Å². The first-order valence-electron chi connectivity index (χ1n) is 14.9. The quantitative estimate of drug-likeness (QED) is 0.221. The third-order valence-corrected chi connectivity index (χ3v) is 9.39. The Bertz CT molecular complexity index is 830. The van der Waals surface area contributed by atoms with Gasteiger partial charge in [-0.1, -0.05) is 34.6 Å². The highest BCUT2D eigenvalue weighted by molar-refractivity contribution is 5.99. The molecule has 2 fully saturated rings. The summed E-state index contributed by atoms with van der Waals surface area (Å²) in [6.07, 6.45) is -0.343. The number of hydrogen-bond acceptors (Lipinski definition) is 9. The number of fused-ring (bicyclic) bond motifs is 2. The summed E-state index contributed by atoms with van der Waals surface area (Å²) in [5.74, 6) is -2.37. The molecule has 0 radical (unpaired) electrons. The summed E-state index contributed by atoms with van der Waals surface area (Å²) in [7, 11) is 1.94. The highest BCUT2D eigenvalue weighted by Crippen LogP contribution is 2.50. The molecule has 0 aromatic heterocycles. The number of likely N-dealkylation sites (N-methyl/N-ethyl adjacent to an activating group) is 1. The minimum absolute atomic E-state index is 0.106. The molecule has 0 aliphatic carbocycles. The van der Waals surface area contributed by atoms with Crippen LogP contribution in [0.2, 0.25) is 0 Å². The van der Waals surface area contributed by atoms with Gasteiger partial charge in [0, 0.05) is 36.9 Å². The number of Topliss-reactive ketones (excluding diaryl/α,β-unsaturated/α-hetero) is 1. The third kappa shape index (κ3) is 7.60. The molecule has 2 rings (SSSR count). The maximum atomic E-state index is 13.8. The zero-order chi connectivity index (χ0) is 29.9. The zero-order valence-electron chi connectivity index (χ0n) is 26.1. The molecule has 0 saturated carbocycles. The standard InChI is InChI=1S/C30H57N3O6/c1-11-23-30(9,37)26(35)20(4)33(10)17-21-15-29(8,39-22(21)16-32-14-12-13-31)25(28(5,6)7)18(2)24(34)19(3)27(36)38-23/h18-23,25-26,32,35,37H,11-17,31H2,1-10H3/t18-,19+,20+,21+,22?,23+,25?,26+,29+,30+/m0/s1. The molecule has 2 aliphatic heterocycles. The fourth-order valence-electron chi connectivity index (χ4n) is 7.39. The van der Waals surface area contributed by atoms with E-state index in [1.165, 1.54) is 6.92 Å². The minimum Gasteiger partial charge on any atom is -0.459 e. The van der Waals surface area contributed by atoms with Crippen LogP contribution in [0, 0.1) is 29.1 Å². The maximum Gasteiger partial charge on any atom is 0.316 e. The maximum absolute atomic E-state index is 13.8. The predicted octanol–water partition coefficient (Wildman–Crippen LogP) is 2.36. The molecule has 0 amide bonds. The van der Waals surface area contributed by atoms with Gasteiger partial charge in [-0.3, -0.25) is 9.59 Å². The number of nitrogens with two attached hydrogens (primary N) is 1. The van der Waals surface area contributed by atoms with Crippen LogP contribution < -0.4 is 11.1 Å². The molecule has 228 valence electrons. The van der Waals surface area contributed by atoms with Crippen LogP contribution in [0.4, 0.5) is 0 Å². The smallest absolute Gasteiger partial charge is 0.316 e. The topological polar surface area (TPSA) is 134 Å². The Labute approximate surface area is 236 Å². The van der Waals surface area contributed by atoms with Gasteiger partial charge in [0.25, 0.3) is 0 Å². The first-order chi connectivity index (χ1) is 17.9. The van der Waals surface area contributed by atoms with Crippen molar-refractivity contribution in [3.63, 3.8) is 0 Å². The minimum atomic E-state index is -1.70. The summed E-state index contributed by atoms with van der Waals surface area (Å²) in [5, 5.41) is 26.2. The number of esters is 1. The summed E-state index contributed by atoms with van der Waals surface area (Å²) < 4.78 is 12.6. The molecular weight excluding hydrogens is 498 g/mol. The normalized spacial score (nSPS) is 41.7. The molecule has 2 saturated heterocycles.